The lowest BCUT2D eigenvalue weighted by molar-refractivity contribution is 0.00695. The summed E-state index contributed by atoms with van der Waals surface area (Å²) in [6, 6.07) is 16.7. The predicted molar refractivity (Wildman–Crippen MR) is 109 cm³/mol. The van der Waals surface area contributed by atoms with E-state index in [-0.39, 0.29) is 5.97 Å². The van der Waals surface area contributed by atoms with Gasteiger partial charge in [0.2, 0.25) is 0 Å². The van der Waals surface area contributed by atoms with Crippen molar-refractivity contribution < 1.29 is 9.53 Å². The maximum atomic E-state index is 12.2. The number of hydrogen-bond acceptors (Lipinski definition) is 3. The van der Waals surface area contributed by atoms with Crippen LogP contribution in [0.5, 0.6) is 0 Å². The van der Waals surface area contributed by atoms with Crippen LogP contribution in [0, 0.1) is 5.41 Å². The van der Waals surface area contributed by atoms with Gasteiger partial charge in [0.1, 0.15) is 5.60 Å². The molecule has 2 fully saturated rings. The van der Waals surface area contributed by atoms with Crippen LogP contribution in [-0.4, -0.2) is 24.7 Å². The van der Waals surface area contributed by atoms with Gasteiger partial charge in [-0.3, -0.25) is 0 Å². The maximum Gasteiger partial charge on any atom is 0.338 e. The molecule has 1 N–H and O–H groups in total. The van der Waals surface area contributed by atoms with Crippen molar-refractivity contribution in [3.05, 3.63) is 59.7 Å². The molecule has 0 amide bonds. The summed E-state index contributed by atoms with van der Waals surface area (Å²) in [6.07, 6.45) is 3.97. The van der Waals surface area contributed by atoms with Gasteiger partial charge in [-0.25, -0.2) is 4.79 Å². The first-order valence-corrected chi connectivity index (χ1v) is 10.0. The van der Waals surface area contributed by atoms with Crippen LogP contribution in [0.3, 0.4) is 0 Å². The number of benzene rings is 2. The topological polar surface area (TPSA) is 38.3 Å². The molecule has 1 spiro atoms. The summed E-state index contributed by atoms with van der Waals surface area (Å²) in [7, 11) is 0. The van der Waals surface area contributed by atoms with Crippen molar-refractivity contribution in [2.45, 2.75) is 51.6 Å². The third kappa shape index (κ3) is 3.93. The lowest BCUT2D eigenvalue weighted by Crippen LogP contribution is -2.29. The normalized spacial score (nSPS) is 21.1. The number of piperidine rings is 1. The molecule has 0 radical (unpaired) electrons. The summed E-state index contributed by atoms with van der Waals surface area (Å²) >= 11 is 0. The molecule has 1 saturated carbocycles. The first-order valence-electron chi connectivity index (χ1n) is 10.0. The first kappa shape index (κ1) is 18.2. The number of nitrogens with one attached hydrogen (secondary N) is 1. The van der Waals surface area contributed by atoms with Crippen LogP contribution in [0.4, 0.5) is 0 Å². The SMILES string of the molecule is CC(C)(C)OC(=O)c1ccc(-c2ccc(C3CC34CCNCC4)cc2)cc1. The summed E-state index contributed by atoms with van der Waals surface area (Å²) in [5, 5.41) is 3.47. The molecule has 0 bridgehead atoms. The van der Waals surface area contributed by atoms with Gasteiger partial charge >= 0.3 is 5.97 Å². The number of carbonyl (C=O) groups excluding carboxylic acids is 1. The standard InChI is InChI=1S/C24H29NO2/c1-23(2,3)27-22(26)20-10-6-18(7-11-20)17-4-8-19(9-5-17)21-16-24(21)12-14-25-15-13-24/h4-11,21,25H,12-16H2,1-3H3. The van der Waals surface area contributed by atoms with E-state index in [2.05, 4.69) is 29.6 Å². The zero-order valence-corrected chi connectivity index (χ0v) is 16.5. The number of rotatable bonds is 3. The third-order valence-corrected chi connectivity index (χ3v) is 5.95. The Bertz CT molecular complexity index is 809. The Morgan fingerprint density at radius 1 is 0.963 bits per heavy atom. The molecule has 27 heavy (non-hydrogen) atoms. The molecule has 2 aromatic rings. The lowest BCUT2D eigenvalue weighted by atomic mass is 9.89. The number of ether oxygens (including phenoxy) is 1. The fourth-order valence-electron chi connectivity index (χ4n) is 4.34. The van der Waals surface area contributed by atoms with E-state index in [1.165, 1.54) is 43.5 Å². The average Bonchev–Trinajstić information content (AvgIpc) is 3.34. The Hall–Kier alpha value is -2.13. The highest BCUT2D eigenvalue weighted by atomic mass is 16.6. The Morgan fingerprint density at radius 2 is 1.52 bits per heavy atom. The quantitative estimate of drug-likeness (QED) is 0.765. The van der Waals surface area contributed by atoms with Crippen LogP contribution in [0.1, 0.15) is 61.9 Å². The molecule has 1 aliphatic carbocycles. The summed E-state index contributed by atoms with van der Waals surface area (Å²) in [4.78, 5) is 12.2. The number of esters is 1. The van der Waals surface area contributed by atoms with Gasteiger partial charge in [0.25, 0.3) is 0 Å². The fourth-order valence-corrected chi connectivity index (χ4v) is 4.34. The minimum atomic E-state index is -0.472. The number of carbonyl (C=O) groups is 1. The molecular formula is C24H29NO2. The van der Waals surface area contributed by atoms with Gasteiger partial charge in [-0.15, -0.1) is 0 Å². The Morgan fingerprint density at radius 3 is 2.07 bits per heavy atom. The zero-order chi connectivity index (χ0) is 19.1. The highest BCUT2D eigenvalue weighted by Crippen LogP contribution is 2.64. The van der Waals surface area contributed by atoms with Gasteiger partial charge in [-0.2, -0.15) is 0 Å². The molecular weight excluding hydrogens is 334 g/mol. The van der Waals surface area contributed by atoms with Crippen LogP contribution in [0.25, 0.3) is 11.1 Å². The molecule has 1 aliphatic heterocycles. The zero-order valence-electron chi connectivity index (χ0n) is 16.5. The summed E-state index contributed by atoms with van der Waals surface area (Å²) in [5.74, 6) is 0.466. The predicted octanol–water partition coefficient (Wildman–Crippen LogP) is 5.17. The van der Waals surface area contributed by atoms with Crippen LogP contribution in [-0.2, 0) is 4.74 Å². The van der Waals surface area contributed by atoms with E-state index in [9.17, 15) is 4.79 Å². The van der Waals surface area contributed by atoms with E-state index >= 15 is 0 Å². The average molecular weight is 364 g/mol. The first-order chi connectivity index (χ1) is 12.9. The van der Waals surface area contributed by atoms with Crippen molar-refractivity contribution in [3.63, 3.8) is 0 Å². The monoisotopic (exact) mass is 363 g/mol. The molecule has 1 saturated heterocycles. The van der Waals surface area contributed by atoms with Crippen molar-refractivity contribution in [1.29, 1.82) is 0 Å². The van der Waals surface area contributed by atoms with Gasteiger partial charge in [0, 0.05) is 0 Å². The molecule has 0 aromatic heterocycles. The van der Waals surface area contributed by atoms with Gasteiger partial charge in [-0.05, 0) is 93.3 Å². The van der Waals surface area contributed by atoms with Crippen LogP contribution >= 0.6 is 0 Å². The molecule has 4 rings (SSSR count). The lowest BCUT2D eigenvalue weighted by Gasteiger charge is -2.23. The Balaban J connectivity index is 1.44. The highest BCUT2D eigenvalue weighted by Gasteiger charge is 2.54. The largest absolute Gasteiger partial charge is 0.456 e. The maximum absolute atomic E-state index is 12.2. The molecule has 1 atom stereocenters. The fraction of sp³-hybridized carbons (Fsp3) is 0.458. The highest BCUT2D eigenvalue weighted by molar-refractivity contribution is 5.90. The van der Waals surface area contributed by atoms with Gasteiger partial charge < -0.3 is 10.1 Å². The molecule has 2 aromatic carbocycles. The molecule has 2 aliphatic rings. The van der Waals surface area contributed by atoms with Crippen molar-refractivity contribution in [2.75, 3.05) is 13.1 Å². The van der Waals surface area contributed by atoms with Gasteiger partial charge in [0.15, 0.2) is 0 Å². The van der Waals surface area contributed by atoms with E-state index in [1.54, 1.807) is 0 Å². The van der Waals surface area contributed by atoms with E-state index in [0.29, 0.717) is 11.0 Å². The van der Waals surface area contributed by atoms with Crippen molar-refractivity contribution >= 4 is 5.97 Å². The van der Waals surface area contributed by atoms with E-state index in [1.807, 2.05) is 45.0 Å². The summed E-state index contributed by atoms with van der Waals surface area (Å²) in [5.41, 5.74) is 4.49. The Labute approximate surface area is 162 Å². The minimum Gasteiger partial charge on any atom is -0.456 e. The van der Waals surface area contributed by atoms with E-state index < -0.39 is 5.60 Å². The molecule has 3 heteroatoms. The van der Waals surface area contributed by atoms with Crippen molar-refractivity contribution in [2.24, 2.45) is 5.41 Å². The van der Waals surface area contributed by atoms with Crippen LogP contribution in [0.2, 0.25) is 0 Å². The molecule has 1 heterocycles. The molecule has 142 valence electrons. The second-order valence-corrected chi connectivity index (χ2v) is 9.07. The van der Waals surface area contributed by atoms with Crippen LogP contribution in [0.15, 0.2) is 48.5 Å². The minimum absolute atomic E-state index is 0.273. The second kappa shape index (κ2) is 6.79. The summed E-state index contributed by atoms with van der Waals surface area (Å²) < 4.78 is 5.43. The number of hydrogen-bond donors (Lipinski definition) is 1. The van der Waals surface area contributed by atoms with Crippen molar-refractivity contribution in [1.82, 2.24) is 5.32 Å². The van der Waals surface area contributed by atoms with Gasteiger partial charge in [0.05, 0.1) is 5.56 Å². The smallest absolute Gasteiger partial charge is 0.338 e. The van der Waals surface area contributed by atoms with E-state index in [0.717, 1.165) is 11.5 Å². The van der Waals surface area contributed by atoms with Gasteiger partial charge in [-0.1, -0.05) is 36.4 Å². The van der Waals surface area contributed by atoms with E-state index in [4.69, 9.17) is 4.74 Å². The Kier molecular flexibility index (Phi) is 4.59. The third-order valence-electron chi connectivity index (χ3n) is 5.95. The van der Waals surface area contributed by atoms with Crippen molar-refractivity contribution in [3.8, 4) is 11.1 Å². The molecule has 1 unspecified atom stereocenters. The molecule has 3 nitrogen and oxygen atoms in total. The second-order valence-electron chi connectivity index (χ2n) is 9.07. The van der Waals surface area contributed by atoms with Crippen LogP contribution < -0.4 is 5.32 Å². The summed E-state index contributed by atoms with van der Waals surface area (Å²) in [6.45, 7) is 7.98.